The van der Waals surface area contributed by atoms with E-state index < -0.39 is 0 Å². The van der Waals surface area contributed by atoms with Crippen LogP contribution in [0.3, 0.4) is 0 Å². The summed E-state index contributed by atoms with van der Waals surface area (Å²) in [5.74, 6) is 0.876. The van der Waals surface area contributed by atoms with E-state index in [9.17, 15) is 0 Å². The lowest BCUT2D eigenvalue weighted by Crippen LogP contribution is -2.45. The standard InChI is InChI=1S/C13H26N2/c1-10-7-11(2)15(8-10)9-13(3)6-4-5-12(13)14/h10-12H,4-9,14H2,1-3H3. The van der Waals surface area contributed by atoms with Crippen molar-refractivity contribution in [2.45, 2.75) is 58.5 Å². The summed E-state index contributed by atoms with van der Waals surface area (Å²) in [5, 5.41) is 0. The summed E-state index contributed by atoms with van der Waals surface area (Å²) in [6, 6.07) is 1.20. The highest BCUT2D eigenvalue weighted by atomic mass is 15.2. The lowest BCUT2D eigenvalue weighted by atomic mass is 9.84. The van der Waals surface area contributed by atoms with Crippen LogP contribution >= 0.6 is 0 Å². The van der Waals surface area contributed by atoms with Crippen molar-refractivity contribution in [3.05, 3.63) is 0 Å². The highest BCUT2D eigenvalue weighted by Crippen LogP contribution is 2.39. The van der Waals surface area contributed by atoms with E-state index >= 15 is 0 Å². The van der Waals surface area contributed by atoms with Gasteiger partial charge in [-0.05, 0) is 37.5 Å². The molecule has 2 nitrogen and oxygen atoms in total. The topological polar surface area (TPSA) is 29.3 Å². The second-order valence-corrected chi connectivity index (χ2v) is 6.27. The summed E-state index contributed by atoms with van der Waals surface area (Å²) in [7, 11) is 0. The molecule has 15 heavy (non-hydrogen) atoms. The SMILES string of the molecule is CC1CC(C)N(CC2(C)CCCC2N)C1. The zero-order valence-corrected chi connectivity index (χ0v) is 10.5. The van der Waals surface area contributed by atoms with Gasteiger partial charge in [0.25, 0.3) is 0 Å². The molecule has 1 saturated heterocycles. The molecule has 1 aliphatic heterocycles. The largest absolute Gasteiger partial charge is 0.327 e. The minimum atomic E-state index is 0.387. The maximum atomic E-state index is 6.24. The van der Waals surface area contributed by atoms with Gasteiger partial charge in [-0.15, -0.1) is 0 Å². The molecule has 88 valence electrons. The van der Waals surface area contributed by atoms with E-state index in [1.807, 2.05) is 0 Å². The van der Waals surface area contributed by atoms with Crippen LogP contribution in [0.4, 0.5) is 0 Å². The Morgan fingerprint density at radius 2 is 2.13 bits per heavy atom. The van der Waals surface area contributed by atoms with Gasteiger partial charge in [-0.25, -0.2) is 0 Å². The van der Waals surface area contributed by atoms with Crippen LogP contribution in [-0.2, 0) is 0 Å². The van der Waals surface area contributed by atoms with Crippen LogP contribution in [0, 0.1) is 11.3 Å². The Kier molecular flexibility index (Phi) is 3.09. The molecule has 2 fully saturated rings. The molecule has 0 spiro atoms. The third-order valence-corrected chi connectivity index (χ3v) is 4.64. The van der Waals surface area contributed by atoms with Crippen LogP contribution in [0.2, 0.25) is 0 Å². The second kappa shape index (κ2) is 4.06. The third-order valence-electron chi connectivity index (χ3n) is 4.64. The van der Waals surface area contributed by atoms with Crippen molar-refractivity contribution in [1.29, 1.82) is 0 Å². The van der Waals surface area contributed by atoms with E-state index in [1.165, 1.54) is 38.8 Å². The molecule has 0 amide bonds. The second-order valence-electron chi connectivity index (χ2n) is 6.27. The van der Waals surface area contributed by atoms with Gasteiger partial charge < -0.3 is 5.73 Å². The maximum absolute atomic E-state index is 6.24. The Morgan fingerprint density at radius 1 is 1.40 bits per heavy atom. The summed E-state index contributed by atoms with van der Waals surface area (Å²) >= 11 is 0. The van der Waals surface area contributed by atoms with E-state index in [4.69, 9.17) is 5.73 Å². The van der Waals surface area contributed by atoms with E-state index in [0.717, 1.165) is 12.0 Å². The number of likely N-dealkylation sites (tertiary alicyclic amines) is 1. The van der Waals surface area contributed by atoms with Crippen LogP contribution in [0.1, 0.15) is 46.5 Å². The molecule has 1 heterocycles. The van der Waals surface area contributed by atoms with E-state index in [1.54, 1.807) is 0 Å². The quantitative estimate of drug-likeness (QED) is 0.757. The number of nitrogens with two attached hydrogens (primary N) is 1. The van der Waals surface area contributed by atoms with Crippen LogP contribution < -0.4 is 5.73 Å². The van der Waals surface area contributed by atoms with Crippen LogP contribution in [0.5, 0.6) is 0 Å². The third kappa shape index (κ3) is 2.21. The molecule has 4 atom stereocenters. The zero-order valence-electron chi connectivity index (χ0n) is 10.5. The first-order valence-electron chi connectivity index (χ1n) is 6.51. The molecule has 0 aromatic carbocycles. The Morgan fingerprint density at radius 3 is 2.60 bits per heavy atom. The number of hydrogen-bond donors (Lipinski definition) is 1. The first-order chi connectivity index (χ1) is 7.01. The normalized spacial score (nSPS) is 47.6. The molecule has 1 aliphatic carbocycles. The van der Waals surface area contributed by atoms with Crippen molar-refractivity contribution in [3.63, 3.8) is 0 Å². The molecule has 0 aromatic rings. The van der Waals surface area contributed by atoms with E-state index in [0.29, 0.717) is 11.5 Å². The summed E-state index contributed by atoms with van der Waals surface area (Å²) < 4.78 is 0. The lowest BCUT2D eigenvalue weighted by molar-refractivity contribution is 0.146. The van der Waals surface area contributed by atoms with Gasteiger partial charge in [0.15, 0.2) is 0 Å². The summed E-state index contributed by atoms with van der Waals surface area (Å²) in [5.41, 5.74) is 6.63. The Hall–Kier alpha value is -0.0800. The van der Waals surface area contributed by atoms with Gasteiger partial charge in [-0.2, -0.15) is 0 Å². The lowest BCUT2D eigenvalue weighted by Gasteiger charge is -2.35. The van der Waals surface area contributed by atoms with Crippen molar-refractivity contribution in [1.82, 2.24) is 4.90 Å². The summed E-state index contributed by atoms with van der Waals surface area (Å²) in [6.45, 7) is 9.63. The van der Waals surface area contributed by atoms with Crippen molar-refractivity contribution in [2.24, 2.45) is 17.1 Å². The fraction of sp³-hybridized carbons (Fsp3) is 1.00. The Bertz CT molecular complexity index is 229. The predicted molar refractivity (Wildman–Crippen MR) is 64.7 cm³/mol. The van der Waals surface area contributed by atoms with Crippen molar-refractivity contribution < 1.29 is 0 Å². The molecule has 0 radical (unpaired) electrons. The molecular formula is C13H26N2. The van der Waals surface area contributed by atoms with Gasteiger partial charge in [-0.3, -0.25) is 4.90 Å². The number of nitrogens with zero attached hydrogens (tertiary/aromatic N) is 1. The minimum Gasteiger partial charge on any atom is -0.327 e. The monoisotopic (exact) mass is 210 g/mol. The van der Waals surface area contributed by atoms with Gasteiger partial charge in [-0.1, -0.05) is 20.3 Å². The zero-order chi connectivity index (χ0) is 11.1. The molecular weight excluding hydrogens is 184 g/mol. The molecule has 2 N–H and O–H groups in total. The molecule has 0 bridgehead atoms. The Balaban J connectivity index is 1.96. The molecule has 0 aromatic heterocycles. The fourth-order valence-electron chi connectivity index (χ4n) is 3.53. The molecule has 2 aliphatic rings. The Labute approximate surface area is 94.2 Å². The van der Waals surface area contributed by atoms with Gasteiger partial charge >= 0.3 is 0 Å². The number of rotatable bonds is 2. The van der Waals surface area contributed by atoms with Gasteiger partial charge in [0.05, 0.1) is 0 Å². The molecule has 2 heteroatoms. The smallest absolute Gasteiger partial charge is 0.0105 e. The maximum Gasteiger partial charge on any atom is 0.0105 e. The highest BCUT2D eigenvalue weighted by molar-refractivity contribution is 4.95. The summed E-state index contributed by atoms with van der Waals surface area (Å²) in [4.78, 5) is 2.66. The average Bonchev–Trinajstić information content (AvgIpc) is 2.60. The first kappa shape index (κ1) is 11.4. The summed E-state index contributed by atoms with van der Waals surface area (Å²) in [6.07, 6.45) is 5.25. The predicted octanol–water partition coefficient (Wildman–Crippen LogP) is 2.23. The number of hydrogen-bond acceptors (Lipinski definition) is 2. The van der Waals surface area contributed by atoms with Crippen LogP contribution in [0.25, 0.3) is 0 Å². The van der Waals surface area contributed by atoms with E-state index in [-0.39, 0.29) is 0 Å². The van der Waals surface area contributed by atoms with Crippen molar-refractivity contribution >= 4 is 0 Å². The van der Waals surface area contributed by atoms with Crippen molar-refractivity contribution in [2.75, 3.05) is 13.1 Å². The fourth-order valence-corrected chi connectivity index (χ4v) is 3.53. The average molecular weight is 210 g/mol. The van der Waals surface area contributed by atoms with Gasteiger partial charge in [0.1, 0.15) is 0 Å². The van der Waals surface area contributed by atoms with Gasteiger partial charge in [0.2, 0.25) is 0 Å². The van der Waals surface area contributed by atoms with Crippen LogP contribution in [-0.4, -0.2) is 30.1 Å². The van der Waals surface area contributed by atoms with E-state index in [2.05, 4.69) is 25.7 Å². The highest BCUT2D eigenvalue weighted by Gasteiger charge is 2.40. The van der Waals surface area contributed by atoms with Crippen LogP contribution in [0.15, 0.2) is 0 Å². The molecule has 2 rings (SSSR count). The van der Waals surface area contributed by atoms with Crippen molar-refractivity contribution in [3.8, 4) is 0 Å². The molecule has 1 saturated carbocycles. The molecule has 4 unspecified atom stereocenters. The first-order valence-corrected chi connectivity index (χ1v) is 6.51. The minimum absolute atomic E-state index is 0.387. The van der Waals surface area contributed by atoms with Gasteiger partial charge in [0, 0.05) is 25.2 Å².